The van der Waals surface area contributed by atoms with Crippen molar-refractivity contribution in [1.29, 1.82) is 0 Å². The molecule has 2 atom stereocenters. The van der Waals surface area contributed by atoms with Crippen molar-refractivity contribution in [3.63, 3.8) is 0 Å². The topological polar surface area (TPSA) is 54.8 Å². The van der Waals surface area contributed by atoms with Crippen LogP contribution in [0.4, 0.5) is 0 Å². The number of aliphatic carboxylic acids is 1. The van der Waals surface area contributed by atoms with Gasteiger partial charge in [0.2, 0.25) is 0 Å². The molecule has 0 bridgehead atoms. The van der Waals surface area contributed by atoms with Crippen LogP contribution in [0.2, 0.25) is 0 Å². The van der Waals surface area contributed by atoms with Gasteiger partial charge in [-0.2, -0.15) is 0 Å². The zero-order valence-corrected chi connectivity index (χ0v) is 10.3. The fourth-order valence-corrected chi connectivity index (χ4v) is 2.35. The summed E-state index contributed by atoms with van der Waals surface area (Å²) in [4.78, 5) is 10.8. The average molecular weight is 245 g/mol. The number of benzene rings is 1. The summed E-state index contributed by atoms with van der Waals surface area (Å²) < 4.78 is 7.36. The number of epoxide rings is 1. The van der Waals surface area contributed by atoms with Gasteiger partial charge >= 0.3 is 5.97 Å². The predicted molar refractivity (Wildman–Crippen MR) is 67.6 cm³/mol. The Kier molecular flexibility index (Phi) is 2.41. The molecule has 2 unspecified atom stereocenters. The first-order valence-electron chi connectivity index (χ1n) is 6.06. The van der Waals surface area contributed by atoms with E-state index >= 15 is 0 Å². The number of rotatable bonds is 3. The highest BCUT2D eigenvalue weighted by Crippen LogP contribution is 2.40. The second kappa shape index (κ2) is 3.85. The van der Waals surface area contributed by atoms with Crippen LogP contribution in [0.25, 0.3) is 10.9 Å². The van der Waals surface area contributed by atoms with Crippen molar-refractivity contribution >= 4 is 16.9 Å². The number of carbonyl (C=O) groups is 1. The maximum absolute atomic E-state index is 10.8. The summed E-state index contributed by atoms with van der Waals surface area (Å²) in [6, 6.07) is 8.45. The zero-order valence-electron chi connectivity index (χ0n) is 10.3. The SMILES string of the molecule is CC(C)n1ccc2ccc(C3OC3C(=O)O)cc21. The van der Waals surface area contributed by atoms with Gasteiger partial charge in [0.05, 0.1) is 0 Å². The number of fused-ring (bicyclic) bond motifs is 1. The van der Waals surface area contributed by atoms with Gasteiger partial charge in [0.25, 0.3) is 0 Å². The van der Waals surface area contributed by atoms with Gasteiger partial charge in [0, 0.05) is 17.8 Å². The summed E-state index contributed by atoms with van der Waals surface area (Å²) in [5.41, 5.74) is 2.07. The number of carboxylic acid groups (broad SMARTS) is 1. The Morgan fingerprint density at radius 1 is 1.39 bits per heavy atom. The fraction of sp³-hybridized carbons (Fsp3) is 0.357. The Labute approximate surface area is 105 Å². The molecule has 1 aromatic carbocycles. The van der Waals surface area contributed by atoms with E-state index in [-0.39, 0.29) is 6.10 Å². The van der Waals surface area contributed by atoms with E-state index in [0.29, 0.717) is 6.04 Å². The average Bonchev–Trinajstić information content (AvgIpc) is 3.01. The van der Waals surface area contributed by atoms with Gasteiger partial charge in [0.15, 0.2) is 6.10 Å². The molecule has 4 nitrogen and oxygen atoms in total. The lowest BCUT2D eigenvalue weighted by atomic mass is 10.1. The Morgan fingerprint density at radius 3 is 2.78 bits per heavy atom. The highest BCUT2D eigenvalue weighted by atomic mass is 16.6. The number of ether oxygens (including phenoxy) is 1. The van der Waals surface area contributed by atoms with Gasteiger partial charge in [-0.3, -0.25) is 0 Å². The highest BCUT2D eigenvalue weighted by molar-refractivity contribution is 5.82. The Balaban J connectivity index is 2.00. The fourth-order valence-electron chi connectivity index (χ4n) is 2.35. The maximum atomic E-state index is 10.8. The molecule has 0 aliphatic carbocycles. The minimum Gasteiger partial charge on any atom is -0.479 e. The number of hydrogen-bond acceptors (Lipinski definition) is 2. The van der Waals surface area contributed by atoms with Crippen LogP contribution in [0.15, 0.2) is 30.5 Å². The molecule has 3 rings (SSSR count). The van der Waals surface area contributed by atoms with Crippen LogP contribution in [-0.2, 0) is 9.53 Å². The highest BCUT2D eigenvalue weighted by Gasteiger charge is 2.46. The first kappa shape index (κ1) is 11.3. The van der Waals surface area contributed by atoms with Crippen LogP contribution < -0.4 is 0 Å². The summed E-state index contributed by atoms with van der Waals surface area (Å²) in [5.74, 6) is -0.890. The smallest absolute Gasteiger partial charge is 0.335 e. The monoisotopic (exact) mass is 245 g/mol. The summed E-state index contributed by atoms with van der Waals surface area (Å²) in [6.45, 7) is 4.25. The van der Waals surface area contributed by atoms with Crippen LogP contribution in [0.1, 0.15) is 31.6 Å². The minimum absolute atomic E-state index is 0.289. The molecule has 2 heterocycles. The van der Waals surface area contributed by atoms with Gasteiger partial charge in [-0.05, 0) is 36.9 Å². The van der Waals surface area contributed by atoms with E-state index in [1.807, 2.05) is 18.2 Å². The minimum atomic E-state index is -0.890. The standard InChI is InChI=1S/C14H15NO3/c1-8(2)15-6-5-9-3-4-10(7-11(9)15)12-13(18-12)14(16)17/h3-8,12-13H,1-2H3,(H,16,17). The maximum Gasteiger partial charge on any atom is 0.335 e. The molecule has 0 spiro atoms. The molecule has 0 amide bonds. The van der Waals surface area contributed by atoms with E-state index in [9.17, 15) is 4.79 Å². The molecule has 0 saturated carbocycles. The van der Waals surface area contributed by atoms with E-state index in [0.717, 1.165) is 11.1 Å². The third kappa shape index (κ3) is 1.69. The van der Waals surface area contributed by atoms with Crippen molar-refractivity contribution in [2.24, 2.45) is 0 Å². The van der Waals surface area contributed by atoms with Gasteiger partial charge in [-0.15, -0.1) is 0 Å². The molecular formula is C14H15NO3. The van der Waals surface area contributed by atoms with E-state index in [4.69, 9.17) is 9.84 Å². The van der Waals surface area contributed by atoms with Crippen molar-refractivity contribution in [1.82, 2.24) is 4.57 Å². The lowest BCUT2D eigenvalue weighted by Gasteiger charge is -2.09. The van der Waals surface area contributed by atoms with E-state index in [1.54, 1.807) is 0 Å². The first-order chi connectivity index (χ1) is 8.58. The molecule has 2 aromatic rings. The molecule has 1 aliphatic rings. The zero-order chi connectivity index (χ0) is 12.9. The van der Waals surface area contributed by atoms with Crippen molar-refractivity contribution in [2.75, 3.05) is 0 Å². The molecule has 0 radical (unpaired) electrons. The molecule has 1 aromatic heterocycles. The molecule has 94 valence electrons. The number of carboxylic acids is 1. The van der Waals surface area contributed by atoms with Gasteiger partial charge < -0.3 is 14.4 Å². The Hall–Kier alpha value is -1.81. The molecule has 1 fully saturated rings. The second-order valence-electron chi connectivity index (χ2n) is 4.95. The molecule has 1 saturated heterocycles. The van der Waals surface area contributed by atoms with E-state index in [1.165, 1.54) is 5.39 Å². The molecule has 1 aliphatic heterocycles. The summed E-state index contributed by atoms with van der Waals surface area (Å²) in [6.07, 6.45) is 1.09. The summed E-state index contributed by atoms with van der Waals surface area (Å²) >= 11 is 0. The van der Waals surface area contributed by atoms with E-state index < -0.39 is 12.1 Å². The van der Waals surface area contributed by atoms with Gasteiger partial charge in [0.1, 0.15) is 6.10 Å². The predicted octanol–water partition coefficient (Wildman–Crippen LogP) is 2.75. The van der Waals surface area contributed by atoms with Crippen LogP contribution in [0.5, 0.6) is 0 Å². The van der Waals surface area contributed by atoms with Crippen molar-refractivity contribution in [3.05, 3.63) is 36.0 Å². The third-order valence-corrected chi connectivity index (χ3v) is 3.37. The van der Waals surface area contributed by atoms with Gasteiger partial charge in [-0.1, -0.05) is 12.1 Å². The van der Waals surface area contributed by atoms with Crippen LogP contribution in [0, 0.1) is 0 Å². The number of hydrogen-bond donors (Lipinski definition) is 1. The quantitative estimate of drug-likeness (QED) is 0.846. The Bertz CT molecular complexity index is 615. The molecule has 4 heteroatoms. The molecule has 1 N–H and O–H groups in total. The third-order valence-electron chi connectivity index (χ3n) is 3.37. The lowest BCUT2D eigenvalue weighted by Crippen LogP contribution is -2.05. The van der Waals surface area contributed by atoms with Crippen molar-refractivity contribution in [3.8, 4) is 0 Å². The van der Waals surface area contributed by atoms with Crippen LogP contribution >= 0.6 is 0 Å². The molecular weight excluding hydrogens is 230 g/mol. The van der Waals surface area contributed by atoms with Crippen molar-refractivity contribution in [2.45, 2.75) is 32.1 Å². The first-order valence-corrected chi connectivity index (χ1v) is 6.06. The van der Waals surface area contributed by atoms with Gasteiger partial charge in [-0.25, -0.2) is 4.79 Å². The number of nitrogens with zero attached hydrogens (tertiary/aromatic N) is 1. The van der Waals surface area contributed by atoms with E-state index in [2.05, 4.69) is 30.7 Å². The number of aromatic nitrogens is 1. The largest absolute Gasteiger partial charge is 0.479 e. The molecule has 18 heavy (non-hydrogen) atoms. The second-order valence-corrected chi connectivity index (χ2v) is 4.95. The van der Waals surface area contributed by atoms with Crippen molar-refractivity contribution < 1.29 is 14.6 Å². The Morgan fingerprint density at radius 2 is 2.17 bits per heavy atom. The van der Waals surface area contributed by atoms with Crippen LogP contribution in [0.3, 0.4) is 0 Å². The van der Waals surface area contributed by atoms with Crippen LogP contribution in [-0.4, -0.2) is 21.7 Å². The summed E-state index contributed by atoms with van der Waals surface area (Å²) in [5, 5.41) is 10.0. The summed E-state index contributed by atoms with van der Waals surface area (Å²) in [7, 11) is 0. The lowest BCUT2D eigenvalue weighted by molar-refractivity contribution is -0.138. The normalized spacial score (nSPS) is 22.6.